The molecular weight excluding hydrogens is 532 g/mol. The van der Waals surface area contributed by atoms with E-state index >= 15 is 0 Å². The molecule has 2 heterocycles. The molecule has 0 bridgehead atoms. The third-order valence-corrected chi connectivity index (χ3v) is 7.44. The summed E-state index contributed by atoms with van der Waals surface area (Å²) in [4.78, 5) is 17.4. The van der Waals surface area contributed by atoms with Crippen molar-refractivity contribution in [3.8, 4) is 0 Å². The molecular formula is C27H40F4N6O3. The number of hydrogen-bond donors (Lipinski definition) is 3. The quantitative estimate of drug-likeness (QED) is 0.328. The standard InChI is InChI=1S/C27H40F4N6O3/c1-25(2,3)40-24(38)36-23(17-7-9-26(28,29)10-8-17)20-13-37-22(35-20)11-18(12-34-37)21(14-39-19-5-4-6-19)33-16-27(30,31)15-32/h11-13,17,19,21,23,33H,4-10,14-16,32H2,1-3H3,(H,36,38)/t21-,23+/m1/s1. The van der Waals surface area contributed by atoms with Gasteiger partial charge in [0.1, 0.15) is 5.60 Å². The Morgan fingerprint density at radius 2 is 1.93 bits per heavy atom. The summed E-state index contributed by atoms with van der Waals surface area (Å²) in [6, 6.07) is 0.473. The molecule has 2 fully saturated rings. The van der Waals surface area contributed by atoms with E-state index in [9.17, 15) is 22.4 Å². The van der Waals surface area contributed by atoms with E-state index in [0.717, 1.165) is 19.3 Å². The number of fused-ring (bicyclic) bond motifs is 1. The Morgan fingerprint density at radius 1 is 1.23 bits per heavy atom. The minimum absolute atomic E-state index is 0.108. The fraction of sp³-hybridized carbons (Fsp3) is 0.741. The number of carbonyl (C=O) groups excluding carboxylic acids is 1. The van der Waals surface area contributed by atoms with Crippen LogP contribution in [0.5, 0.6) is 0 Å². The number of hydrogen-bond acceptors (Lipinski definition) is 7. The van der Waals surface area contributed by atoms with Crippen molar-refractivity contribution < 1.29 is 31.8 Å². The van der Waals surface area contributed by atoms with Gasteiger partial charge in [-0.05, 0) is 70.4 Å². The summed E-state index contributed by atoms with van der Waals surface area (Å²) in [5.74, 6) is -6.09. The number of aromatic nitrogens is 3. The molecule has 13 heteroatoms. The Balaban J connectivity index is 1.58. The molecule has 0 spiro atoms. The second-order valence-electron chi connectivity index (χ2n) is 12.0. The van der Waals surface area contributed by atoms with Crippen molar-refractivity contribution >= 4 is 11.7 Å². The fourth-order valence-corrected chi connectivity index (χ4v) is 4.90. The zero-order valence-corrected chi connectivity index (χ0v) is 23.3. The Morgan fingerprint density at radius 3 is 2.52 bits per heavy atom. The van der Waals surface area contributed by atoms with Gasteiger partial charge in [-0.15, -0.1) is 0 Å². The number of amides is 1. The van der Waals surface area contributed by atoms with Crippen LogP contribution in [0.15, 0.2) is 18.5 Å². The Hall–Kier alpha value is -2.51. The lowest BCUT2D eigenvalue weighted by Gasteiger charge is -2.33. The van der Waals surface area contributed by atoms with Gasteiger partial charge in [-0.3, -0.25) is 0 Å². The molecule has 0 saturated heterocycles. The van der Waals surface area contributed by atoms with Crippen LogP contribution in [-0.4, -0.2) is 63.9 Å². The van der Waals surface area contributed by atoms with E-state index in [1.165, 1.54) is 4.52 Å². The van der Waals surface area contributed by atoms with Gasteiger partial charge in [0.15, 0.2) is 5.65 Å². The number of nitrogens with zero attached hydrogens (tertiary/aromatic N) is 3. The number of alkyl carbamates (subject to hydrolysis) is 1. The maximum Gasteiger partial charge on any atom is 0.408 e. The summed E-state index contributed by atoms with van der Waals surface area (Å²) in [6.45, 7) is 3.98. The lowest BCUT2D eigenvalue weighted by Crippen LogP contribution is -2.42. The van der Waals surface area contributed by atoms with Gasteiger partial charge < -0.3 is 25.8 Å². The van der Waals surface area contributed by atoms with Crippen molar-refractivity contribution in [2.45, 2.75) is 101 Å². The first kappa shape index (κ1) is 30.4. The smallest absolute Gasteiger partial charge is 0.408 e. The van der Waals surface area contributed by atoms with Gasteiger partial charge in [0.25, 0.3) is 5.92 Å². The predicted octanol–water partition coefficient (Wildman–Crippen LogP) is 4.91. The summed E-state index contributed by atoms with van der Waals surface area (Å²) in [6.07, 6.45) is 5.45. The molecule has 224 valence electrons. The molecule has 2 aromatic rings. The van der Waals surface area contributed by atoms with Crippen molar-refractivity contribution in [2.75, 3.05) is 19.7 Å². The second kappa shape index (κ2) is 12.2. The number of halogens is 4. The van der Waals surface area contributed by atoms with Crippen LogP contribution in [0, 0.1) is 5.92 Å². The van der Waals surface area contributed by atoms with Gasteiger partial charge in [-0.2, -0.15) is 5.10 Å². The molecule has 0 aromatic carbocycles. The summed E-state index contributed by atoms with van der Waals surface area (Å²) in [5, 5.41) is 10.1. The second-order valence-corrected chi connectivity index (χ2v) is 12.0. The van der Waals surface area contributed by atoms with Gasteiger partial charge in [0, 0.05) is 12.8 Å². The average molecular weight is 573 g/mol. The molecule has 2 aliphatic carbocycles. The van der Waals surface area contributed by atoms with Gasteiger partial charge in [0.05, 0.1) is 56.0 Å². The first-order chi connectivity index (χ1) is 18.7. The SMILES string of the molecule is CC(C)(C)OC(=O)N[C@H](c1cn2ncc([C@@H](COC3CCC3)NCC(F)(F)CN)cc2n1)C1CCC(F)(F)CC1. The minimum Gasteiger partial charge on any atom is -0.444 e. The van der Waals surface area contributed by atoms with Crippen LogP contribution in [0.25, 0.3) is 5.65 Å². The summed E-state index contributed by atoms with van der Waals surface area (Å²) in [5.41, 5.74) is 5.94. The van der Waals surface area contributed by atoms with Crippen molar-refractivity contribution in [3.05, 3.63) is 29.7 Å². The molecule has 0 radical (unpaired) electrons. The van der Waals surface area contributed by atoms with Crippen molar-refractivity contribution in [3.63, 3.8) is 0 Å². The molecule has 0 unspecified atom stereocenters. The third-order valence-electron chi connectivity index (χ3n) is 7.44. The molecule has 2 saturated carbocycles. The van der Waals surface area contributed by atoms with Crippen LogP contribution in [0.3, 0.4) is 0 Å². The van der Waals surface area contributed by atoms with E-state index in [1.54, 1.807) is 39.2 Å². The largest absolute Gasteiger partial charge is 0.444 e. The van der Waals surface area contributed by atoms with Gasteiger partial charge in [-0.1, -0.05) is 0 Å². The van der Waals surface area contributed by atoms with E-state index in [4.69, 9.17) is 15.2 Å². The van der Waals surface area contributed by atoms with Gasteiger partial charge in [-0.25, -0.2) is 31.9 Å². The van der Waals surface area contributed by atoms with Crippen molar-refractivity contribution in [2.24, 2.45) is 11.7 Å². The monoisotopic (exact) mass is 572 g/mol. The Kier molecular flexibility index (Phi) is 9.25. The highest BCUT2D eigenvalue weighted by Crippen LogP contribution is 2.41. The zero-order valence-electron chi connectivity index (χ0n) is 23.3. The first-order valence-corrected chi connectivity index (χ1v) is 13.9. The average Bonchev–Trinajstić information content (AvgIpc) is 3.26. The maximum absolute atomic E-state index is 13.9. The molecule has 2 atom stereocenters. The first-order valence-electron chi connectivity index (χ1n) is 13.9. The van der Waals surface area contributed by atoms with Gasteiger partial charge >= 0.3 is 6.09 Å². The fourth-order valence-electron chi connectivity index (χ4n) is 4.90. The van der Waals surface area contributed by atoms with Crippen LogP contribution in [0.2, 0.25) is 0 Å². The van der Waals surface area contributed by atoms with Crippen LogP contribution >= 0.6 is 0 Å². The number of carbonyl (C=O) groups is 1. The van der Waals surface area contributed by atoms with E-state index in [0.29, 0.717) is 16.9 Å². The third kappa shape index (κ3) is 8.26. The highest BCUT2D eigenvalue weighted by atomic mass is 19.3. The van der Waals surface area contributed by atoms with E-state index in [1.807, 2.05) is 0 Å². The summed E-state index contributed by atoms with van der Waals surface area (Å²) >= 11 is 0. The number of nitrogens with two attached hydrogens (primary N) is 1. The molecule has 2 aromatic heterocycles. The van der Waals surface area contributed by atoms with Crippen LogP contribution < -0.4 is 16.4 Å². The van der Waals surface area contributed by atoms with E-state index < -0.39 is 48.7 Å². The number of rotatable bonds is 11. The lowest BCUT2D eigenvalue weighted by molar-refractivity contribution is -0.0500. The number of alkyl halides is 4. The number of nitrogens with one attached hydrogen (secondary N) is 2. The van der Waals surface area contributed by atoms with E-state index in [2.05, 4.69) is 20.7 Å². The Bertz CT molecular complexity index is 1140. The number of ether oxygens (including phenoxy) is 2. The Labute approximate surface area is 231 Å². The van der Waals surface area contributed by atoms with Crippen LogP contribution in [0.1, 0.15) is 89.1 Å². The molecule has 9 nitrogen and oxygen atoms in total. The molecule has 4 rings (SSSR count). The highest BCUT2D eigenvalue weighted by Gasteiger charge is 2.40. The zero-order chi connectivity index (χ0) is 29.1. The predicted molar refractivity (Wildman–Crippen MR) is 140 cm³/mol. The molecule has 0 aliphatic heterocycles. The molecule has 40 heavy (non-hydrogen) atoms. The van der Waals surface area contributed by atoms with Crippen molar-refractivity contribution in [1.29, 1.82) is 0 Å². The minimum atomic E-state index is -3.08. The molecule has 4 N–H and O–H groups in total. The van der Waals surface area contributed by atoms with Crippen LogP contribution in [0.4, 0.5) is 22.4 Å². The number of imidazole rings is 1. The summed E-state index contributed by atoms with van der Waals surface area (Å²) in [7, 11) is 0. The highest BCUT2D eigenvalue weighted by molar-refractivity contribution is 5.68. The molecule has 2 aliphatic rings. The van der Waals surface area contributed by atoms with E-state index in [-0.39, 0.29) is 44.3 Å². The van der Waals surface area contributed by atoms with Crippen LogP contribution in [-0.2, 0) is 9.47 Å². The maximum atomic E-state index is 13.9. The molecule has 1 amide bonds. The normalized spacial score (nSPS) is 20.2. The van der Waals surface area contributed by atoms with Gasteiger partial charge in [0.2, 0.25) is 5.92 Å². The topological polar surface area (TPSA) is 116 Å². The lowest BCUT2D eigenvalue weighted by atomic mass is 9.81. The summed E-state index contributed by atoms with van der Waals surface area (Å²) < 4.78 is 68.5. The van der Waals surface area contributed by atoms with Crippen molar-refractivity contribution in [1.82, 2.24) is 25.2 Å².